The molecule has 4 aliphatic carbocycles. The van der Waals surface area contributed by atoms with Crippen LogP contribution in [-0.2, 0) is 4.74 Å². The fraction of sp³-hybridized carbons (Fsp3) is 0.864. The molecule has 26 heavy (non-hydrogen) atoms. The number of hydrogen-bond acceptors (Lipinski definition) is 3. The van der Waals surface area contributed by atoms with Crippen LogP contribution in [-0.4, -0.2) is 33.8 Å². The summed E-state index contributed by atoms with van der Waals surface area (Å²) in [6.45, 7) is 12.7. The van der Waals surface area contributed by atoms with Gasteiger partial charge in [-0.3, -0.25) is 0 Å². The van der Waals surface area contributed by atoms with E-state index in [4.69, 9.17) is 4.74 Å². The summed E-state index contributed by atoms with van der Waals surface area (Å²) in [7, 11) is 0. The smallest absolute Gasteiger partial charge is 0.415 e. The first-order valence-electron chi connectivity index (χ1n) is 10.5. The van der Waals surface area contributed by atoms with Crippen LogP contribution in [0.25, 0.3) is 0 Å². The third kappa shape index (κ3) is 3.19. The zero-order chi connectivity index (χ0) is 19.3. The Labute approximate surface area is 159 Å². The molecule has 4 nitrogen and oxygen atoms in total. The van der Waals surface area contributed by atoms with Gasteiger partial charge in [0.2, 0.25) is 0 Å². The average molecular weight is 364 g/mol. The maximum atomic E-state index is 12.7. The van der Waals surface area contributed by atoms with Gasteiger partial charge in [0.25, 0.3) is 0 Å². The van der Waals surface area contributed by atoms with Gasteiger partial charge in [-0.05, 0) is 76.2 Å². The predicted molar refractivity (Wildman–Crippen MR) is 104 cm³/mol. The van der Waals surface area contributed by atoms with E-state index >= 15 is 0 Å². The summed E-state index contributed by atoms with van der Waals surface area (Å²) in [5.41, 5.74) is 0.837. The number of carbonyl (C=O) groups is 1. The fourth-order valence-electron chi connectivity index (χ4n) is 5.87. The molecular formula is C22H37NO3. The molecule has 148 valence electrons. The predicted octanol–water partition coefficient (Wildman–Crippen LogP) is 5.11. The Morgan fingerprint density at radius 2 is 1.65 bits per heavy atom. The fourth-order valence-corrected chi connectivity index (χ4v) is 5.87. The van der Waals surface area contributed by atoms with Gasteiger partial charge < -0.3 is 14.7 Å². The van der Waals surface area contributed by atoms with Crippen LogP contribution in [0.3, 0.4) is 0 Å². The van der Waals surface area contributed by atoms with Gasteiger partial charge in [-0.2, -0.15) is 0 Å². The van der Waals surface area contributed by atoms with Crippen LogP contribution in [0.4, 0.5) is 4.79 Å². The van der Waals surface area contributed by atoms with Crippen LogP contribution in [0.1, 0.15) is 80.1 Å². The van der Waals surface area contributed by atoms with Crippen LogP contribution >= 0.6 is 0 Å². The number of ether oxygens (including phenoxy) is 1. The molecule has 0 aromatic heterocycles. The van der Waals surface area contributed by atoms with Gasteiger partial charge in [0.15, 0.2) is 0 Å². The first-order chi connectivity index (χ1) is 12.1. The molecule has 2 bridgehead atoms. The normalized spacial score (nSPS) is 33.4. The van der Waals surface area contributed by atoms with Crippen molar-refractivity contribution in [2.24, 2.45) is 23.2 Å². The Kier molecular flexibility index (Phi) is 5.20. The second-order valence-electron chi connectivity index (χ2n) is 10.0. The van der Waals surface area contributed by atoms with Crippen molar-refractivity contribution in [1.29, 1.82) is 0 Å². The van der Waals surface area contributed by atoms with Crippen LogP contribution in [0.2, 0.25) is 0 Å². The van der Waals surface area contributed by atoms with Gasteiger partial charge in [0, 0.05) is 18.0 Å². The topological polar surface area (TPSA) is 49.8 Å². The van der Waals surface area contributed by atoms with Crippen molar-refractivity contribution in [3.8, 4) is 0 Å². The molecule has 4 fully saturated rings. The molecule has 0 aliphatic heterocycles. The van der Waals surface area contributed by atoms with E-state index < -0.39 is 5.60 Å². The number of nitrogens with zero attached hydrogens (tertiary/aromatic N) is 1. The number of rotatable bonds is 4. The van der Waals surface area contributed by atoms with Gasteiger partial charge in [0.1, 0.15) is 0 Å². The average Bonchev–Trinajstić information content (AvgIpc) is 2.99. The van der Waals surface area contributed by atoms with Crippen molar-refractivity contribution < 1.29 is 14.6 Å². The Hall–Kier alpha value is -1.03. The Balaban J connectivity index is 1.83. The number of fused-ring (bicyclic) bond motifs is 2. The van der Waals surface area contributed by atoms with Crippen molar-refractivity contribution in [3.05, 3.63) is 11.8 Å². The van der Waals surface area contributed by atoms with Crippen molar-refractivity contribution in [2.45, 2.75) is 97.8 Å². The van der Waals surface area contributed by atoms with E-state index in [0.717, 1.165) is 32.1 Å². The van der Waals surface area contributed by atoms with Crippen molar-refractivity contribution in [1.82, 2.24) is 4.90 Å². The van der Waals surface area contributed by atoms with Crippen molar-refractivity contribution in [2.75, 3.05) is 0 Å². The molecule has 1 amide bonds. The second kappa shape index (κ2) is 6.85. The molecule has 0 aromatic rings. The Morgan fingerprint density at radius 1 is 1.12 bits per heavy atom. The number of amides is 1. The molecule has 0 radical (unpaired) electrons. The van der Waals surface area contributed by atoms with Gasteiger partial charge in [-0.15, -0.1) is 0 Å². The zero-order valence-corrected chi connectivity index (χ0v) is 17.4. The molecule has 4 heteroatoms. The highest BCUT2D eigenvalue weighted by Gasteiger charge is 2.59. The minimum Gasteiger partial charge on any atom is -0.418 e. The third-order valence-electron chi connectivity index (χ3n) is 7.53. The van der Waals surface area contributed by atoms with Crippen LogP contribution < -0.4 is 0 Å². The summed E-state index contributed by atoms with van der Waals surface area (Å²) >= 11 is 0. The lowest BCUT2D eigenvalue weighted by atomic mass is 9.43. The standard InChI is InChI=1S/C22H37NO3/c1-14(2)23(15(3)4)20(24)26-13-17-18-11-16(21(18,5)6)12-19(17)22(25)9-7-8-10-22/h13-16,18-19,25H,7-12H2,1-6H3/b17-13-/t16-,18+,19+/m1/s1. The molecule has 1 N–H and O–H groups in total. The van der Waals surface area contributed by atoms with Gasteiger partial charge >= 0.3 is 6.09 Å². The van der Waals surface area contributed by atoms with Crippen LogP contribution in [0, 0.1) is 23.2 Å². The van der Waals surface area contributed by atoms with E-state index in [0.29, 0.717) is 11.8 Å². The lowest BCUT2D eigenvalue weighted by Gasteiger charge is -2.61. The third-order valence-corrected chi connectivity index (χ3v) is 7.53. The van der Waals surface area contributed by atoms with E-state index in [2.05, 4.69) is 13.8 Å². The van der Waals surface area contributed by atoms with Crippen LogP contribution in [0.5, 0.6) is 0 Å². The van der Waals surface area contributed by atoms with Crippen molar-refractivity contribution >= 4 is 6.09 Å². The van der Waals surface area contributed by atoms with E-state index in [1.807, 2.05) is 27.7 Å². The quantitative estimate of drug-likeness (QED) is 0.706. The minimum absolute atomic E-state index is 0.103. The van der Waals surface area contributed by atoms with E-state index in [9.17, 15) is 9.90 Å². The maximum absolute atomic E-state index is 12.7. The zero-order valence-electron chi connectivity index (χ0n) is 17.4. The highest BCUT2D eigenvalue weighted by atomic mass is 16.5. The Bertz CT molecular complexity index is 564. The highest BCUT2D eigenvalue weighted by Crippen LogP contribution is 2.65. The molecule has 0 saturated heterocycles. The van der Waals surface area contributed by atoms with E-state index in [1.54, 1.807) is 11.2 Å². The number of hydrogen-bond donors (Lipinski definition) is 1. The first-order valence-corrected chi connectivity index (χ1v) is 10.5. The summed E-state index contributed by atoms with van der Waals surface area (Å²) < 4.78 is 5.70. The molecule has 3 atom stereocenters. The summed E-state index contributed by atoms with van der Waals surface area (Å²) in [6.07, 6.45) is 7.62. The molecule has 4 saturated carbocycles. The minimum atomic E-state index is -0.596. The molecular weight excluding hydrogens is 326 g/mol. The second-order valence-corrected chi connectivity index (χ2v) is 10.0. The SMILES string of the molecule is CC(C)N(C(=O)O/C=C1\[C@@H](C2(O)CCCC2)C[C@H]2C[C@@H]1C2(C)C)C(C)C. The monoisotopic (exact) mass is 363 g/mol. The maximum Gasteiger partial charge on any atom is 0.415 e. The lowest BCUT2D eigenvalue weighted by Crippen LogP contribution is -2.56. The summed E-state index contributed by atoms with van der Waals surface area (Å²) in [5, 5.41) is 11.3. The number of carbonyl (C=O) groups excluding carboxylic acids is 1. The molecule has 0 heterocycles. The van der Waals surface area contributed by atoms with Gasteiger partial charge in [0.05, 0.1) is 11.9 Å². The summed E-state index contributed by atoms with van der Waals surface area (Å²) in [4.78, 5) is 14.4. The molecule has 0 spiro atoms. The highest BCUT2D eigenvalue weighted by molar-refractivity contribution is 5.69. The van der Waals surface area contributed by atoms with E-state index in [-0.39, 0.29) is 29.5 Å². The van der Waals surface area contributed by atoms with Crippen LogP contribution in [0.15, 0.2) is 11.8 Å². The molecule has 0 unspecified atom stereocenters. The number of aliphatic hydroxyl groups is 1. The Morgan fingerprint density at radius 3 is 2.15 bits per heavy atom. The summed E-state index contributed by atoms with van der Waals surface area (Å²) in [6, 6.07) is 0.207. The summed E-state index contributed by atoms with van der Waals surface area (Å²) in [5.74, 6) is 1.26. The van der Waals surface area contributed by atoms with Crippen molar-refractivity contribution in [3.63, 3.8) is 0 Å². The molecule has 4 rings (SSSR count). The molecule has 0 aromatic carbocycles. The van der Waals surface area contributed by atoms with E-state index in [1.165, 1.54) is 12.0 Å². The largest absolute Gasteiger partial charge is 0.418 e. The first kappa shape index (κ1) is 19.7. The van der Waals surface area contributed by atoms with Gasteiger partial charge in [-0.25, -0.2) is 4.79 Å². The lowest BCUT2D eigenvalue weighted by molar-refractivity contribution is -0.104. The molecule has 4 aliphatic rings. The van der Waals surface area contributed by atoms with Gasteiger partial charge in [-0.1, -0.05) is 26.7 Å².